The number of amides is 2. The number of imide groups is 1. The van der Waals surface area contributed by atoms with E-state index in [4.69, 9.17) is 14.2 Å². The summed E-state index contributed by atoms with van der Waals surface area (Å²) >= 11 is 0.923. The Balaban J connectivity index is 1.68. The highest BCUT2D eigenvalue weighted by atomic mass is 32.2. The first-order chi connectivity index (χ1) is 13.9. The highest BCUT2D eigenvalue weighted by Gasteiger charge is 2.34. The Hall–Kier alpha value is -2.93. The monoisotopic (exact) mass is 413 g/mol. The minimum Gasteiger partial charge on any atom is -0.493 e. The second-order valence-corrected chi connectivity index (χ2v) is 7.56. The number of hydrogen-bond donors (Lipinski definition) is 0. The van der Waals surface area contributed by atoms with Gasteiger partial charge in [-0.3, -0.25) is 14.5 Å². The van der Waals surface area contributed by atoms with Gasteiger partial charge in [-0.2, -0.15) is 0 Å². The van der Waals surface area contributed by atoms with E-state index < -0.39 is 0 Å². The molecule has 3 rings (SSSR count). The molecular formula is C22H23NO5S. The van der Waals surface area contributed by atoms with E-state index in [0.717, 1.165) is 34.2 Å². The normalized spacial score (nSPS) is 15.2. The van der Waals surface area contributed by atoms with Crippen molar-refractivity contribution in [3.63, 3.8) is 0 Å². The molecule has 0 N–H and O–H groups in total. The van der Waals surface area contributed by atoms with E-state index in [-0.39, 0.29) is 24.3 Å². The number of hydrogen-bond acceptors (Lipinski definition) is 6. The van der Waals surface area contributed by atoms with Gasteiger partial charge in [0.25, 0.3) is 11.1 Å². The molecular weight excluding hydrogens is 390 g/mol. The van der Waals surface area contributed by atoms with Gasteiger partial charge in [0.1, 0.15) is 12.4 Å². The fraction of sp³-hybridized carbons (Fsp3) is 0.273. The Kier molecular flexibility index (Phi) is 6.49. The first kappa shape index (κ1) is 20.8. The molecule has 6 nitrogen and oxygen atoms in total. The zero-order valence-electron chi connectivity index (χ0n) is 16.9. The van der Waals surface area contributed by atoms with E-state index in [2.05, 4.69) is 0 Å². The van der Waals surface area contributed by atoms with Gasteiger partial charge >= 0.3 is 0 Å². The van der Waals surface area contributed by atoms with Crippen molar-refractivity contribution in [1.82, 2.24) is 4.90 Å². The zero-order chi connectivity index (χ0) is 21.0. The summed E-state index contributed by atoms with van der Waals surface area (Å²) in [4.78, 5) is 26.5. The van der Waals surface area contributed by atoms with E-state index in [1.807, 2.05) is 32.0 Å². The van der Waals surface area contributed by atoms with Crippen LogP contribution in [0.4, 0.5) is 4.79 Å². The van der Waals surface area contributed by atoms with Gasteiger partial charge in [0.2, 0.25) is 0 Å². The van der Waals surface area contributed by atoms with Crippen molar-refractivity contribution in [3.8, 4) is 17.2 Å². The van der Waals surface area contributed by atoms with Crippen molar-refractivity contribution in [2.45, 2.75) is 13.8 Å². The van der Waals surface area contributed by atoms with Crippen LogP contribution >= 0.6 is 11.8 Å². The second-order valence-electron chi connectivity index (χ2n) is 6.57. The molecule has 1 aliphatic heterocycles. The number of rotatable bonds is 7. The lowest BCUT2D eigenvalue weighted by Gasteiger charge is -2.14. The van der Waals surface area contributed by atoms with E-state index in [0.29, 0.717) is 16.4 Å². The SMILES string of the molecule is COc1ccc(/C=C2\SC(=O)N(CCOc3cc(C)ccc3C)C2=O)cc1OC. The number of carbonyl (C=O) groups excluding carboxylic acids is 2. The summed E-state index contributed by atoms with van der Waals surface area (Å²) in [5.74, 6) is 1.60. The summed E-state index contributed by atoms with van der Waals surface area (Å²) in [5.41, 5.74) is 2.85. The fourth-order valence-electron chi connectivity index (χ4n) is 2.90. The number of nitrogens with zero attached hydrogens (tertiary/aromatic N) is 1. The molecule has 0 bridgehead atoms. The lowest BCUT2D eigenvalue weighted by Crippen LogP contribution is -2.32. The Morgan fingerprint density at radius 2 is 1.72 bits per heavy atom. The van der Waals surface area contributed by atoms with Gasteiger partial charge in [0, 0.05) is 0 Å². The predicted octanol–water partition coefficient (Wildman–Crippen LogP) is 4.44. The van der Waals surface area contributed by atoms with Crippen LogP contribution in [0.2, 0.25) is 0 Å². The molecule has 0 aromatic heterocycles. The molecule has 2 aromatic rings. The summed E-state index contributed by atoms with van der Waals surface area (Å²) in [7, 11) is 3.11. The molecule has 0 radical (unpaired) electrons. The molecule has 1 heterocycles. The van der Waals surface area contributed by atoms with Crippen molar-refractivity contribution >= 4 is 29.0 Å². The molecule has 1 fully saturated rings. The van der Waals surface area contributed by atoms with Gasteiger partial charge in [-0.25, -0.2) is 0 Å². The topological polar surface area (TPSA) is 65.1 Å². The maximum atomic E-state index is 12.7. The minimum atomic E-state index is -0.320. The highest BCUT2D eigenvalue weighted by molar-refractivity contribution is 8.18. The van der Waals surface area contributed by atoms with Gasteiger partial charge in [-0.1, -0.05) is 18.2 Å². The average molecular weight is 413 g/mol. The Bertz CT molecular complexity index is 970. The number of ether oxygens (including phenoxy) is 3. The molecule has 0 spiro atoms. The standard InChI is InChI=1S/C22H23NO5S/c1-14-5-6-15(2)18(11-14)28-10-9-23-21(24)20(29-22(23)25)13-16-7-8-17(26-3)19(12-16)27-4/h5-8,11-13H,9-10H2,1-4H3/b20-13-. The number of aryl methyl sites for hydroxylation is 2. The van der Waals surface area contributed by atoms with Crippen molar-refractivity contribution in [2.24, 2.45) is 0 Å². The van der Waals surface area contributed by atoms with Crippen molar-refractivity contribution in [2.75, 3.05) is 27.4 Å². The maximum Gasteiger partial charge on any atom is 0.293 e. The van der Waals surface area contributed by atoms with Crippen LogP contribution in [0, 0.1) is 13.8 Å². The van der Waals surface area contributed by atoms with E-state index >= 15 is 0 Å². The van der Waals surface area contributed by atoms with Crippen LogP contribution < -0.4 is 14.2 Å². The lowest BCUT2D eigenvalue weighted by molar-refractivity contribution is -0.123. The maximum absolute atomic E-state index is 12.7. The van der Waals surface area contributed by atoms with Crippen molar-refractivity contribution in [1.29, 1.82) is 0 Å². The molecule has 2 aromatic carbocycles. The van der Waals surface area contributed by atoms with E-state index in [9.17, 15) is 9.59 Å². The van der Waals surface area contributed by atoms with Gasteiger partial charge in [-0.15, -0.1) is 0 Å². The minimum absolute atomic E-state index is 0.196. The number of thioether (sulfide) groups is 1. The Morgan fingerprint density at radius 3 is 2.45 bits per heavy atom. The molecule has 0 unspecified atom stereocenters. The van der Waals surface area contributed by atoms with Gasteiger partial charge in [-0.05, 0) is 66.6 Å². The molecule has 0 aliphatic carbocycles. The summed E-state index contributed by atoms with van der Waals surface area (Å²) in [6, 6.07) is 11.3. The summed E-state index contributed by atoms with van der Waals surface area (Å²) in [5, 5.41) is -0.300. The van der Waals surface area contributed by atoms with Crippen LogP contribution in [0.25, 0.3) is 6.08 Å². The quantitative estimate of drug-likeness (QED) is 0.626. The molecule has 0 atom stereocenters. The molecule has 0 saturated carbocycles. The molecule has 1 saturated heterocycles. The second kappa shape index (κ2) is 9.05. The number of benzene rings is 2. The van der Waals surface area contributed by atoms with Gasteiger partial charge < -0.3 is 14.2 Å². The summed E-state index contributed by atoms with van der Waals surface area (Å²) in [6.45, 7) is 4.38. The largest absolute Gasteiger partial charge is 0.493 e. The molecule has 1 aliphatic rings. The van der Waals surface area contributed by atoms with Gasteiger partial charge in [0.05, 0.1) is 25.7 Å². The molecule has 29 heavy (non-hydrogen) atoms. The smallest absolute Gasteiger partial charge is 0.293 e. The zero-order valence-corrected chi connectivity index (χ0v) is 17.7. The third-order valence-corrected chi connectivity index (χ3v) is 5.40. The van der Waals surface area contributed by atoms with Crippen LogP contribution in [-0.2, 0) is 4.79 Å². The average Bonchev–Trinajstić information content (AvgIpc) is 2.97. The van der Waals surface area contributed by atoms with Crippen LogP contribution in [0.3, 0.4) is 0 Å². The Morgan fingerprint density at radius 1 is 0.966 bits per heavy atom. The lowest BCUT2D eigenvalue weighted by atomic mass is 10.1. The van der Waals surface area contributed by atoms with Crippen molar-refractivity contribution < 1.29 is 23.8 Å². The van der Waals surface area contributed by atoms with Crippen LogP contribution in [0.15, 0.2) is 41.3 Å². The van der Waals surface area contributed by atoms with Crippen LogP contribution in [0.1, 0.15) is 16.7 Å². The van der Waals surface area contributed by atoms with Crippen LogP contribution in [-0.4, -0.2) is 43.4 Å². The molecule has 2 amide bonds. The van der Waals surface area contributed by atoms with Crippen LogP contribution in [0.5, 0.6) is 17.2 Å². The molecule has 152 valence electrons. The fourth-order valence-corrected chi connectivity index (χ4v) is 3.76. The first-order valence-electron chi connectivity index (χ1n) is 9.10. The van der Waals surface area contributed by atoms with E-state index in [1.54, 1.807) is 38.5 Å². The van der Waals surface area contributed by atoms with Gasteiger partial charge in [0.15, 0.2) is 11.5 Å². The highest BCUT2D eigenvalue weighted by Crippen LogP contribution is 2.34. The first-order valence-corrected chi connectivity index (χ1v) is 9.92. The van der Waals surface area contributed by atoms with E-state index in [1.165, 1.54) is 4.90 Å². The number of methoxy groups -OCH3 is 2. The van der Waals surface area contributed by atoms with Crippen molar-refractivity contribution in [3.05, 3.63) is 58.0 Å². The molecule has 7 heteroatoms. The third-order valence-electron chi connectivity index (χ3n) is 4.50. The predicted molar refractivity (Wildman–Crippen MR) is 114 cm³/mol. The third kappa shape index (κ3) is 4.74. The summed E-state index contributed by atoms with van der Waals surface area (Å²) in [6.07, 6.45) is 1.68. The summed E-state index contributed by atoms with van der Waals surface area (Å²) < 4.78 is 16.3. The number of carbonyl (C=O) groups is 2. The Labute approximate surface area is 174 Å².